The lowest BCUT2D eigenvalue weighted by Crippen LogP contribution is -2.49. The molecule has 0 atom stereocenters. The van der Waals surface area contributed by atoms with Gasteiger partial charge in [0.15, 0.2) is 0 Å². The van der Waals surface area contributed by atoms with Crippen LogP contribution in [0.3, 0.4) is 0 Å². The maximum absolute atomic E-state index is 11.2. The van der Waals surface area contributed by atoms with Crippen LogP contribution in [0, 0.1) is 0 Å². The van der Waals surface area contributed by atoms with E-state index in [1.54, 1.807) is 4.90 Å². The van der Waals surface area contributed by atoms with Crippen molar-refractivity contribution in [2.45, 2.75) is 0 Å². The summed E-state index contributed by atoms with van der Waals surface area (Å²) >= 11 is 0. The lowest BCUT2D eigenvalue weighted by atomic mass is 10.3. The molecular formula is C10H21N3O2. The average molecular weight is 215 g/mol. The minimum Gasteiger partial charge on any atom is -0.453 e. The molecule has 0 radical (unpaired) electrons. The first-order valence-corrected chi connectivity index (χ1v) is 5.33. The quantitative estimate of drug-likeness (QED) is 0.660. The van der Waals surface area contributed by atoms with Crippen molar-refractivity contribution in [3.63, 3.8) is 0 Å². The van der Waals surface area contributed by atoms with Crippen molar-refractivity contribution in [2.24, 2.45) is 0 Å². The second-order valence-corrected chi connectivity index (χ2v) is 4.10. The van der Waals surface area contributed by atoms with Gasteiger partial charge in [0, 0.05) is 39.3 Å². The Kier molecular flexibility index (Phi) is 4.84. The molecule has 5 nitrogen and oxygen atoms in total. The lowest BCUT2D eigenvalue weighted by Gasteiger charge is -2.34. The summed E-state index contributed by atoms with van der Waals surface area (Å²) in [6, 6.07) is 0. The van der Waals surface area contributed by atoms with Gasteiger partial charge >= 0.3 is 6.09 Å². The van der Waals surface area contributed by atoms with Crippen LogP contribution in [0.15, 0.2) is 0 Å². The fourth-order valence-corrected chi connectivity index (χ4v) is 1.62. The van der Waals surface area contributed by atoms with E-state index in [-0.39, 0.29) is 6.09 Å². The van der Waals surface area contributed by atoms with Crippen LogP contribution in [-0.2, 0) is 4.74 Å². The van der Waals surface area contributed by atoms with Gasteiger partial charge < -0.3 is 14.5 Å². The van der Waals surface area contributed by atoms with Crippen molar-refractivity contribution in [1.82, 2.24) is 14.7 Å². The summed E-state index contributed by atoms with van der Waals surface area (Å²) in [4.78, 5) is 17.5. The molecule has 0 bridgehead atoms. The van der Waals surface area contributed by atoms with Crippen LogP contribution in [0.25, 0.3) is 0 Å². The van der Waals surface area contributed by atoms with E-state index in [0.717, 1.165) is 39.3 Å². The van der Waals surface area contributed by atoms with Gasteiger partial charge in [0.05, 0.1) is 7.11 Å². The number of piperazine rings is 1. The Morgan fingerprint density at radius 3 is 2.33 bits per heavy atom. The van der Waals surface area contributed by atoms with Gasteiger partial charge in [0.2, 0.25) is 0 Å². The highest BCUT2D eigenvalue weighted by atomic mass is 16.5. The van der Waals surface area contributed by atoms with Crippen molar-refractivity contribution < 1.29 is 9.53 Å². The Morgan fingerprint density at radius 1 is 1.27 bits per heavy atom. The number of likely N-dealkylation sites (N-methyl/N-ethyl adjacent to an activating group) is 1. The van der Waals surface area contributed by atoms with Crippen LogP contribution in [0.1, 0.15) is 0 Å². The van der Waals surface area contributed by atoms with Crippen molar-refractivity contribution >= 4 is 6.09 Å². The zero-order valence-electron chi connectivity index (χ0n) is 9.90. The highest BCUT2D eigenvalue weighted by Crippen LogP contribution is 2.02. The number of amides is 1. The molecule has 0 aromatic carbocycles. The van der Waals surface area contributed by atoms with Gasteiger partial charge in [0.25, 0.3) is 0 Å². The van der Waals surface area contributed by atoms with Crippen LogP contribution in [0.2, 0.25) is 0 Å². The predicted octanol–water partition coefficient (Wildman–Crippen LogP) is -0.0680. The third-order valence-corrected chi connectivity index (χ3v) is 2.67. The van der Waals surface area contributed by atoms with Crippen molar-refractivity contribution in [1.29, 1.82) is 0 Å². The largest absolute Gasteiger partial charge is 0.453 e. The maximum atomic E-state index is 11.2. The molecule has 1 saturated heterocycles. The molecule has 5 heteroatoms. The Balaban J connectivity index is 2.21. The first-order chi connectivity index (χ1) is 7.13. The molecule has 1 fully saturated rings. The molecule has 0 aromatic heterocycles. The summed E-state index contributed by atoms with van der Waals surface area (Å²) in [6.45, 7) is 5.59. The van der Waals surface area contributed by atoms with Crippen molar-refractivity contribution in [3.05, 3.63) is 0 Å². The molecule has 1 rings (SSSR count). The van der Waals surface area contributed by atoms with Crippen LogP contribution < -0.4 is 0 Å². The highest BCUT2D eigenvalue weighted by molar-refractivity contribution is 5.67. The van der Waals surface area contributed by atoms with E-state index in [1.807, 2.05) is 0 Å². The van der Waals surface area contributed by atoms with Crippen molar-refractivity contribution in [2.75, 3.05) is 60.5 Å². The summed E-state index contributed by atoms with van der Waals surface area (Å²) in [5, 5.41) is 0. The van der Waals surface area contributed by atoms with Crippen LogP contribution in [-0.4, -0.2) is 81.3 Å². The zero-order valence-corrected chi connectivity index (χ0v) is 9.90. The summed E-state index contributed by atoms with van der Waals surface area (Å²) in [5.41, 5.74) is 0. The van der Waals surface area contributed by atoms with Gasteiger partial charge in [-0.1, -0.05) is 0 Å². The number of hydrogen-bond acceptors (Lipinski definition) is 4. The SMILES string of the molecule is COC(=O)N1CCN(CCN(C)C)CC1. The summed E-state index contributed by atoms with van der Waals surface area (Å²) in [7, 11) is 5.58. The minimum absolute atomic E-state index is 0.206. The second-order valence-electron chi connectivity index (χ2n) is 4.10. The summed E-state index contributed by atoms with van der Waals surface area (Å²) in [5.74, 6) is 0. The van der Waals surface area contributed by atoms with E-state index >= 15 is 0 Å². The van der Waals surface area contributed by atoms with Crippen LogP contribution >= 0.6 is 0 Å². The first-order valence-electron chi connectivity index (χ1n) is 5.33. The fraction of sp³-hybridized carbons (Fsp3) is 0.900. The molecule has 1 aliphatic rings. The molecule has 0 N–H and O–H groups in total. The van der Waals surface area contributed by atoms with Crippen LogP contribution in [0.5, 0.6) is 0 Å². The topological polar surface area (TPSA) is 36.0 Å². The zero-order chi connectivity index (χ0) is 11.3. The molecule has 0 spiro atoms. The summed E-state index contributed by atoms with van der Waals surface area (Å²) < 4.78 is 4.68. The number of carbonyl (C=O) groups excluding carboxylic acids is 1. The molecular weight excluding hydrogens is 194 g/mol. The number of carbonyl (C=O) groups is 1. The average Bonchev–Trinajstić information content (AvgIpc) is 2.26. The van der Waals surface area contributed by atoms with E-state index in [9.17, 15) is 4.79 Å². The van der Waals surface area contributed by atoms with E-state index in [4.69, 9.17) is 0 Å². The second kappa shape index (κ2) is 5.92. The monoisotopic (exact) mass is 215 g/mol. The molecule has 88 valence electrons. The van der Waals surface area contributed by atoms with Crippen molar-refractivity contribution in [3.8, 4) is 0 Å². The molecule has 15 heavy (non-hydrogen) atoms. The van der Waals surface area contributed by atoms with Gasteiger partial charge in [-0.25, -0.2) is 4.79 Å². The fourth-order valence-electron chi connectivity index (χ4n) is 1.62. The highest BCUT2D eigenvalue weighted by Gasteiger charge is 2.20. The van der Waals surface area contributed by atoms with E-state index in [1.165, 1.54) is 7.11 Å². The number of methoxy groups -OCH3 is 1. The number of hydrogen-bond donors (Lipinski definition) is 0. The summed E-state index contributed by atoms with van der Waals surface area (Å²) in [6.07, 6.45) is -0.206. The lowest BCUT2D eigenvalue weighted by molar-refractivity contribution is 0.0888. The van der Waals surface area contributed by atoms with Gasteiger partial charge in [-0.05, 0) is 14.1 Å². The number of rotatable bonds is 3. The van der Waals surface area contributed by atoms with E-state index in [0.29, 0.717) is 0 Å². The minimum atomic E-state index is -0.206. The van der Waals surface area contributed by atoms with Gasteiger partial charge in [0.1, 0.15) is 0 Å². The smallest absolute Gasteiger partial charge is 0.409 e. The third kappa shape index (κ3) is 4.05. The Hall–Kier alpha value is -0.810. The number of nitrogens with zero attached hydrogens (tertiary/aromatic N) is 3. The number of ether oxygens (including phenoxy) is 1. The maximum Gasteiger partial charge on any atom is 0.409 e. The molecule has 0 unspecified atom stereocenters. The standard InChI is InChI=1S/C10H21N3O2/c1-11(2)4-5-12-6-8-13(9-7-12)10(14)15-3/h4-9H2,1-3H3. The third-order valence-electron chi connectivity index (χ3n) is 2.67. The molecule has 0 saturated carbocycles. The van der Waals surface area contributed by atoms with Gasteiger partial charge in [-0.3, -0.25) is 4.90 Å². The molecule has 0 aromatic rings. The molecule has 1 amide bonds. The normalized spacial score (nSPS) is 18.3. The predicted molar refractivity (Wildman–Crippen MR) is 59.0 cm³/mol. The van der Waals surface area contributed by atoms with Crippen LogP contribution in [0.4, 0.5) is 4.79 Å². The Labute approximate surface area is 91.6 Å². The van der Waals surface area contributed by atoms with Gasteiger partial charge in [-0.2, -0.15) is 0 Å². The van der Waals surface area contributed by atoms with Gasteiger partial charge in [-0.15, -0.1) is 0 Å². The van der Waals surface area contributed by atoms with E-state index in [2.05, 4.69) is 28.6 Å². The molecule has 1 heterocycles. The first kappa shape index (κ1) is 12.3. The Bertz CT molecular complexity index is 201. The molecule has 1 aliphatic heterocycles. The Morgan fingerprint density at radius 2 is 1.87 bits per heavy atom. The van der Waals surface area contributed by atoms with E-state index < -0.39 is 0 Å². The molecule has 0 aliphatic carbocycles.